The molecule has 1 aliphatic heterocycles. The van der Waals surface area contributed by atoms with Gasteiger partial charge in [0.2, 0.25) is 5.91 Å². The van der Waals surface area contributed by atoms with Crippen molar-refractivity contribution >= 4 is 23.5 Å². The van der Waals surface area contributed by atoms with E-state index in [4.69, 9.17) is 4.74 Å². The number of hydrogen-bond donors (Lipinski definition) is 1. The second kappa shape index (κ2) is 9.84. The number of amides is 1. The summed E-state index contributed by atoms with van der Waals surface area (Å²) in [5.74, 6) is 0.500. The van der Waals surface area contributed by atoms with Gasteiger partial charge in [-0.3, -0.25) is 9.36 Å². The molecule has 1 aromatic carbocycles. The number of nitrogens with one attached hydrogen (secondary N) is 1. The number of ether oxygens (including phenoxy) is 1. The molecule has 1 atom stereocenters. The molecule has 35 heavy (non-hydrogen) atoms. The predicted octanol–water partition coefficient (Wildman–Crippen LogP) is 4.62. The van der Waals surface area contributed by atoms with Crippen molar-refractivity contribution in [1.82, 2.24) is 19.3 Å². The molecule has 2 aromatic heterocycles. The number of nitrogens with zero attached hydrogens (tertiary/aromatic N) is 5. The normalized spacial score (nSPS) is 17.5. The minimum absolute atomic E-state index is 0.0750. The number of carbonyl (C=O) groups excluding carboxylic acids is 1. The van der Waals surface area contributed by atoms with Crippen LogP contribution in [0.2, 0.25) is 0 Å². The average molecular weight is 495 g/mol. The Morgan fingerprint density at radius 3 is 2.77 bits per heavy atom. The number of carbonyl (C=O) groups is 1. The number of anilines is 1. The summed E-state index contributed by atoms with van der Waals surface area (Å²) < 4.78 is 24.1. The Kier molecular flexibility index (Phi) is 6.62. The maximum Gasteiger partial charge on any atom is 0.235 e. The standard InChI is InChI=1S/C25H27FN6O2S/c1-15-16(2)31(13-18-6-5-11-34-18)23(20(15)12-27)28-22(33)14-35-25-30-29-24(32(25)17-9-10-17)19-7-3-4-8-21(19)26/h3-4,7-8,17-18H,5-6,9-11,13-14H2,1-2H3,(H,28,33)/t18-/m0/s1. The van der Waals surface area contributed by atoms with Crippen molar-refractivity contribution in [3.8, 4) is 17.5 Å². The van der Waals surface area contributed by atoms with Gasteiger partial charge in [-0.05, 0) is 57.2 Å². The van der Waals surface area contributed by atoms with Crippen LogP contribution in [-0.4, -0.2) is 43.7 Å². The quantitative estimate of drug-likeness (QED) is 0.459. The first-order chi connectivity index (χ1) is 17.0. The second-order valence-electron chi connectivity index (χ2n) is 9.02. The molecule has 5 rings (SSSR count). The van der Waals surface area contributed by atoms with Crippen LogP contribution in [0.3, 0.4) is 0 Å². The van der Waals surface area contributed by atoms with Crippen LogP contribution < -0.4 is 5.32 Å². The molecule has 0 bridgehead atoms. The fourth-order valence-electron chi connectivity index (χ4n) is 4.51. The van der Waals surface area contributed by atoms with Gasteiger partial charge >= 0.3 is 0 Å². The Hall–Kier alpha value is -3.16. The van der Waals surface area contributed by atoms with Crippen LogP contribution in [-0.2, 0) is 16.1 Å². The Bertz CT molecular complexity index is 1300. The summed E-state index contributed by atoms with van der Waals surface area (Å²) in [5, 5.41) is 21.8. The first kappa shape index (κ1) is 23.6. The lowest BCUT2D eigenvalue weighted by molar-refractivity contribution is -0.113. The van der Waals surface area contributed by atoms with Crippen LogP contribution in [0.25, 0.3) is 11.4 Å². The maximum absolute atomic E-state index is 14.4. The molecular weight excluding hydrogens is 467 g/mol. The highest BCUT2D eigenvalue weighted by atomic mass is 32.2. The number of aromatic nitrogens is 4. The third-order valence-corrected chi connectivity index (χ3v) is 7.58. The molecule has 8 nitrogen and oxygen atoms in total. The lowest BCUT2D eigenvalue weighted by Crippen LogP contribution is -2.22. The summed E-state index contributed by atoms with van der Waals surface area (Å²) in [4.78, 5) is 13.0. The molecule has 3 heterocycles. The van der Waals surface area contributed by atoms with Gasteiger partial charge in [-0.2, -0.15) is 5.26 Å². The Morgan fingerprint density at radius 2 is 2.09 bits per heavy atom. The first-order valence-corrected chi connectivity index (χ1v) is 12.8. The van der Waals surface area contributed by atoms with E-state index in [1.54, 1.807) is 18.2 Å². The van der Waals surface area contributed by atoms with Crippen LogP contribution >= 0.6 is 11.8 Å². The van der Waals surface area contributed by atoms with Crippen LogP contribution in [0, 0.1) is 31.0 Å². The fraction of sp³-hybridized carbons (Fsp3) is 0.440. The number of benzene rings is 1. The van der Waals surface area contributed by atoms with Gasteiger partial charge < -0.3 is 14.6 Å². The molecule has 1 saturated carbocycles. The molecule has 2 fully saturated rings. The van der Waals surface area contributed by atoms with Crippen molar-refractivity contribution in [2.45, 2.75) is 63.4 Å². The molecule has 10 heteroatoms. The smallest absolute Gasteiger partial charge is 0.235 e. The van der Waals surface area contributed by atoms with Gasteiger partial charge in [0, 0.05) is 18.3 Å². The highest BCUT2D eigenvalue weighted by Gasteiger charge is 2.31. The Labute approximate surface area is 207 Å². The molecule has 1 amide bonds. The summed E-state index contributed by atoms with van der Waals surface area (Å²) in [6.45, 7) is 5.19. The predicted molar refractivity (Wildman–Crippen MR) is 131 cm³/mol. The third kappa shape index (κ3) is 4.70. The zero-order chi connectivity index (χ0) is 24.5. The number of rotatable bonds is 8. The van der Waals surface area contributed by atoms with Gasteiger partial charge in [0.25, 0.3) is 0 Å². The molecule has 2 aliphatic rings. The molecule has 0 spiro atoms. The minimum Gasteiger partial charge on any atom is -0.376 e. The fourth-order valence-corrected chi connectivity index (χ4v) is 5.32. The molecule has 3 aromatic rings. The summed E-state index contributed by atoms with van der Waals surface area (Å²) in [6.07, 6.45) is 4.00. The van der Waals surface area contributed by atoms with E-state index >= 15 is 0 Å². The largest absolute Gasteiger partial charge is 0.376 e. The average Bonchev–Trinajstić information content (AvgIpc) is 3.30. The van der Waals surface area contributed by atoms with E-state index < -0.39 is 0 Å². The summed E-state index contributed by atoms with van der Waals surface area (Å²) in [5.41, 5.74) is 2.68. The van der Waals surface area contributed by atoms with E-state index in [1.807, 2.05) is 23.0 Å². The van der Waals surface area contributed by atoms with Gasteiger partial charge in [0.1, 0.15) is 17.7 Å². The molecule has 0 radical (unpaired) electrons. The zero-order valence-electron chi connectivity index (χ0n) is 19.8. The van der Waals surface area contributed by atoms with Crippen molar-refractivity contribution in [2.75, 3.05) is 17.7 Å². The number of nitriles is 1. The maximum atomic E-state index is 14.4. The molecule has 1 aliphatic carbocycles. The van der Waals surface area contributed by atoms with Gasteiger partial charge in [-0.25, -0.2) is 4.39 Å². The number of thioether (sulfide) groups is 1. The lowest BCUT2D eigenvalue weighted by Gasteiger charge is -2.17. The molecule has 0 unspecified atom stereocenters. The van der Waals surface area contributed by atoms with Crippen LogP contribution in [0.5, 0.6) is 0 Å². The van der Waals surface area contributed by atoms with E-state index in [2.05, 4.69) is 21.6 Å². The summed E-state index contributed by atoms with van der Waals surface area (Å²) in [7, 11) is 0. The van der Waals surface area contributed by atoms with E-state index in [1.165, 1.54) is 17.8 Å². The van der Waals surface area contributed by atoms with E-state index in [0.29, 0.717) is 34.5 Å². The van der Waals surface area contributed by atoms with Crippen molar-refractivity contribution < 1.29 is 13.9 Å². The first-order valence-electron chi connectivity index (χ1n) is 11.8. The molecule has 1 N–H and O–H groups in total. The second-order valence-corrected chi connectivity index (χ2v) is 9.96. The summed E-state index contributed by atoms with van der Waals surface area (Å²) >= 11 is 1.27. The monoisotopic (exact) mass is 494 g/mol. The van der Waals surface area contributed by atoms with Gasteiger partial charge in [0.05, 0.1) is 29.5 Å². The zero-order valence-corrected chi connectivity index (χ0v) is 20.6. The topological polar surface area (TPSA) is 97.8 Å². The Morgan fingerprint density at radius 1 is 1.29 bits per heavy atom. The van der Waals surface area contributed by atoms with Crippen LogP contribution in [0.1, 0.15) is 48.5 Å². The molecular formula is C25H27FN6O2S. The van der Waals surface area contributed by atoms with Gasteiger partial charge in [-0.1, -0.05) is 23.9 Å². The Balaban J connectivity index is 1.34. The SMILES string of the molecule is Cc1c(C#N)c(NC(=O)CSc2nnc(-c3ccccc3F)n2C2CC2)n(C[C@@H]2CCCO2)c1C. The van der Waals surface area contributed by atoms with Gasteiger partial charge in [-0.15, -0.1) is 10.2 Å². The molecule has 182 valence electrons. The lowest BCUT2D eigenvalue weighted by atomic mass is 10.2. The van der Waals surface area contributed by atoms with E-state index in [0.717, 1.165) is 43.5 Å². The molecule has 1 saturated heterocycles. The van der Waals surface area contributed by atoms with E-state index in [-0.39, 0.29) is 29.6 Å². The van der Waals surface area contributed by atoms with Crippen LogP contribution in [0.15, 0.2) is 29.4 Å². The third-order valence-electron chi connectivity index (χ3n) is 6.63. The van der Waals surface area contributed by atoms with E-state index in [9.17, 15) is 14.4 Å². The van der Waals surface area contributed by atoms with Crippen molar-refractivity contribution in [1.29, 1.82) is 5.26 Å². The van der Waals surface area contributed by atoms with Gasteiger partial charge in [0.15, 0.2) is 11.0 Å². The summed E-state index contributed by atoms with van der Waals surface area (Å²) in [6, 6.07) is 8.97. The number of hydrogen-bond acceptors (Lipinski definition) is 6. The minimum atomic E-state index is -0.349. The highest BCUT2D eigenvalue weighted by molar-refractivity contribution is 7.99. The number of halogens is 1. The highest BCUT2D eigenvalue weighted by Crippen LogP contribution is 2.41. The van der Waals surface area contributed by atoms with Crippen molar-refractivity contribution in [2.24, 2.45) is 0 Å². The van der Waals surface area contributed by atoms with Crippen molar-refractivity contribution in [3.05, 3.63) is 46.9 Å². The van der Waals surface area contributed by atoms with Crippen LogP contribution in [0.4, 0.5) is 10.2 Å². The van der Waals surface area contributed by atoms with Crippen molar-refractivity contribution in [3.63, 3.8) is 0 Å².